The van der Waals surface area contributed by atoms with Crippen LogP contribution in [-0.2, 0) is 9.68 Å². The van der Waals surface area contributed by atoms with Gasteiger partial charge in [-0.2, -0.15) is 0 Å². The smallest absolute Gasteiger partial charge is 0.294 e. The molecule has 15 heavy (non-hydrogen) atoms. The van der Waals surface area contributed by atoms with E-state index in [1.54, 1.807) is 0 Å². The average Bonchev–Trinajstić information content (AvgIpc) is 2.08. The second-order valence-corrected chi connectivity index (χ2v) is 3.44. The highest BCUT2D eigenvalue weighted by Crippen LogP contribution is 2.10. The highest BCUT2D eigenvalue weighted by Gasteiger charge is 2.15. The maximum absolute atomic E-state index is 10.1. The van der Waals surface area contributed by atoms with Crippen LogP contribution in [0.25, 0.3) is 0 Å². The van der Waals surface area contributed by atoms with Crippen molar-refractivity contribution >= 4 is 0 Å². The molecule has 0 aromatic rings. The van der Waals surface area contributed by atoms with Crippen LogP contribution < -0.4 is 0 Å². The lowest BCUT2D eigenvalue weighted by Gasteiger charge is -2.14. The lowest BCUT2D eigenvalue weighted by atomic mass is 10.1. The predicted molar refractivity (Wildman–Crippen MR) is 48.9 cm³/mol. The van der Waals surface area contributed by atoms with Crippen LogP contribution >= 0.6 is 0 Å². The molecule has 0 radical (unpaired) electrons. The molecule has 8 heteroatoms. The second-order valence-electron chi connectivity index (χ2n) is 3.44. The molecule has 0 aromatic heterocycles. The Hall–Kier alpha value is -1.60. The zero-order chi connectivity index (χ0) is 11.8. The Kier molecular flexibility index (Phi) is 6.07. The molecule has 0 bridgehead atoms. The molecule has 0 heterocycles. The number of hydrogen-bond acceptors (Lipinski definition) is 6. The molecule has 0 N–H and O–H groups in total. The van der Waals surface area contributed by atoms with E-state index in [1.807, 2.05) is 13.8 Å². The van der Waals surface area contributed by atoms with Gasteiger partial charge >= 0.3 is 0 Å². The monoisotopic (exact) mass is 222 g/mol. The zero-order valence-corrected chi connectivity index (χ0v) is 8.62. The van der Waals surface area contributed by atoms with Crippen LogP contribution in [0.2, 0.25) is 0 Å². The van der Waals surface area contributed by atoms with Crippen molar-refractivity contribution in [2.24, 2.45) is 5.92 Å². The van der Waals surface area contributed by atoms with Crippen molar-refractivity contribution in [1.29, 1.82) is 0 Å². The van der Waals surface area contributed by atoms with Gasteiger partial charge in [0.05, 0.1) is 0 Å². The minimum atomic E-state index is -0.994. The van der Waals surface area contributed by atoms with Crippen molar-refractivity contribution in [3.05, 3.63) is 20.2 Å². The van der Waals surface area contributed by atoms with Crippen molar-refractivity contribution in [1.82, 2.24) is 0 Å². The molecule has 0 aliphatic carbocycles. The summed E-state index contributed by atoms with van der Waals surface area (Å²) >= 11 is 0. The number of hydrogen-bond donors (Lipinski definition) is 0. The fourth-order valence-corrected chi connectivity index (χ4v) is 0.951. The van der Waals surface area contributed by atoms with Crippen LogP contribution in [0, 0.1) is 26.1 Å². The largest absolute Gasteiger partial charge is 0.312 e. The summed E-state index contributed by atoms with van der Waals surface area (Å²) < 4.78 is 0. The Morgan fingerprint density at radius 3 is 2.13 bits per heavy atom. The first-order valence-corrected chi connectivity index (χ1v) is 4.50. The highest BCUT2D eigenvalue weighted by molar-refractivity contribution is 4.56. The van der Waals surface area contributed by atoms with Gasteiger partial charge in [-0.3, -0.25) is 0 Å². The molecule has 0 amide bonds. The molecule has 88 valence electrons. The Morgan fingerprint density at radius 2 is 1.73 bits per heavy atom. The number of nitrogens with zero attached hydrogens (tertiary/aromatic N) is 2. The Bertz CT molecular complexity index is 220. The summed E-state index contributed by atoms with van der Waals surface area (Å²) in [6.07, 6.45) is 0.152. The summed E-state index contributed by atoms with van der Waals surface area (Å²) in [4.78, 5) is 28.2. The van der Waals surface area contributed by atoms with Gasteiger partial charge in [0, 0.05) is 0 Å². The van der Waals surface area contributed by atoms with Crippen molar-refractivity contribution in [2.45, 2.75) is 32.8 Å². The van der Waals surface area contributed by atoms with Crippen LogP contribution in [0.1, 0.15) is 26.7 Å². The van der Waals surface area contributed by atoms with E-state index in [2.05, 4.69) is 9.68 Å². The molecule has 0 fully saturated rings. The predicted octanol–water partition coefficient (Wildman–Crippen LogP) is 1.21. The Morgan fingerprint density at radius 1 is 1.13 bits per heavy atom. The molecular weight excluding hydrogens is 208 g/mol. The van der Waals surface area contributed by atoms with Crippen LogP contribution in [-0.4, -0.2) is 22.9 Å². The van der Waals surface area contributed by atoms with Crippen LogP contribution in [0.4, 0.5) is 0 Å². The quantitative estimate of drug-likeness (QED) is 0.451. The van der Waals surface area contributed by atoms with Gasteiger partial charge in [-0.15, -0.1) is 20.2 Å². The van der Waals surface area contributed by atoms with Gasteiger partial charge in [0.15, 0.2) is 0 Å². The van der Waals surface area contributed by atoms with E-state index in [9.17, 15) is 20.2 Å². The standard InChI is InChI=1S/C7H14N2O6/c1-6(2)3-4-7(15-9(12)13)5-14-8(10)11/h6-7H,3-5H2,1-2H3. The summed E-state index contributed by atoms with van der Waals surface area (Å²) in [6, 6.07) is 0. The third kappa shape index (κ3) is 8.72. The minimum absolute atomic E-state index is 0.346. The molecule has 0 aromatic carbocycles. The summed E-state index contributed by atoms with van der Waals surface area (Å²) in [7, 11) is 0. The lowest BCUT2D eigenvalue weighted by molar-refractivity contribution is -0.790. The van der Waals surface area contributed by atoms with Gasteiger partial charge in [-0.05, 0) is 18.8 Å². The molecule has 0 aliphatic rings. The van der Waals surface area contributed by atoms with E-state index in [1.165, 1.54) is 0 Å². The van der Waals surface area contributed by atoms with E-state index < -0.39 is 22.9 Å². The van der Waals surface area contributed by atoms with Crippen LogP contribution in [0.3, 0.4) is 0 Å². The number of rotatable bonds is 8. The summed E-state index contributed by atoms with van der Waals surface area (Å²) in [5.74, 6) is 0.346. The third-order valence-corrected chi connectivity index (χ3v) is 1.67. The average molecular weight is 222 g/mol. The van der Waals surface area contributed by atoms with Crippen molar-refractivity contribution < 1.29 is 19.8 Å². The molecule has 0 saturated heterocycles. The first-order chi connectivity index (χ1) is 6.91. The van der Waals surface area contributed by atoms with E-state index >= 15 is 0 Å². The topological polar surface area (TPSA) is 105 Å². The fraction of sp³-hybridized carbons (Fsp3) is 1.00. The van der Waals surface area contributed by atoms with Gasteiger partial charge in [0.1, 0.15) is 12.7 Å². The SMILES string of the molecule is CC(C)CCC(CO[N+](=O)[O-])O[N+](=O)[O-]. The Labute approximate surface area is 86.4 Å². The van der Waals surface area contributed by atoms with Gasteiger partial charge < -0.3 is 9.68 Å². The lowest BCUT2D eigenvalue weighted by Crippen LogP contribution is -2.25. The van der Waals surface area contributed by atoms with Crippen LogP contribution in [0.5, 0.6) is 0 Å². The molecule has 1 atom stereocenters. The first kappa shape index (κ1) is 13.4. The normalized spacial score (nSPS) is 12.2. The summed E-state index contributed by atoms with van der Waals surface area (Å²) in [5, 5.41) is 18.0. The van der Waals surface area contributed by atoms with E-state index in [-0.39, 0.29) is 0 Å². The minimum Gasteiger partial charge on any atom is -0.312 e. The Balaban J connectivity index is 3.94. The van der Waals surface area contributed by atoms with E-state index in [0.29, 0.717) is 18.8 Å². The summed E-state index contributed by atoms with van der Waals surface area (Å²) in [5.41, 5.74) is 0. The molecule has 0 spiro atoms. The maximum atomic E-state index is 10.1. The van der Waals surface area contributed by atoms with Gasteiger partial charge in [-0.25, -0.2) is 0 Å². The van der Waals surface area contributed by atoms with Crippen LogP contribution in [0.15, 0.2) is 0 Å². The summed E-state index contributed by atoms with van der Waals surface area (Å²) in [6.45, 7) is 3.47. The molecule has 8 nitrogen and oxygen atoms in total. The van der Waals surface area contributed by atoms with Gasteiger partial charge in [0.25, 0.3) is 10.2 Å². The first-order valence-electron chi connectivity index (χ1n) is 4.50. The molecule has 0 saturated carbocycles. The fourth-order valence-electron chi connectivity index (χ4n) is 0.951. The van der Waals surface area contributed by atoms with Crippen molar-refractivity contribution in [2.75, 3.05) is 6.61 Å². The second kappa shape index (κ2) is 6.80. The maximum Gasteiger partial charge on any atom is 0.294 e. The molecule has 1 unspecified atom stereocenters. The molecular formula is C7H14N2O6. The molecule has 0 rings (SSSR count). The van der Waals surface area contributed by atoms with E-state index in [0.717, 1.165) is 0 Å². The van der Waals surface area contributed by atoms with Gasteiger partial charge in [-0.1, -0.05) is 13.8 Å². The highest BCUT2D eigenvalue weighted by atomic mass is 17.0. The van der Waals surface area contributed by atoms with E-state index in [4.69, 9.17) is 0 Å². The third-order valence-electron chi connectivity index (χ3n) is 1.67. The van der Waals surface area contributed by atoms with Crippen molar-refractivity contribution in [3.63, 3.8) is 0 Å². The van der Waals surface area contributed by atoms with Gasteiger partial charge in [0.2, 0.25) is 0 Å². The van der Waals surface area contributed by atoms with Crippen molar-refractivity contribution in [3.8, 4) is 0 Å². The zero-order valence-electron chi connectivity index (χ0n) is 8.62. The molecule has 0 aliphatic heterocycles.